The molecule has 0 bridgehead atoms. The van der Waals surface area contributed by atoms with Gasteiger partial charge in [0.25, 0.3) is 0 Å². The van der Waals surface area contributed by atoms with Crippen molar-refractivity contribution in [3.8, 4) is 0 Å². The lowest BCUT2D eigenvalue weighted by atomic mass is 9.77. The maximum Gasteiger partial charge on any atom is 0.0596 e. The fourth-order valence-corrected chi connectivity index (χ4v) is 2.84. The SMILES string of the molecule is CCC1CCCC(C(O)C2CC2)C1. The molecule has 1 nitrogen and oxygen atoms in total. The van der Waals surface area contributed by atoms with Gasteiger partial charge in [0.2, 0.25) is 0 Å². The van der Waals surface area contributed by atoms with Gasteiger partial charge in [0, 0.05) is 0 Å². The summed E-state index contributed by atoms with van der Waals surface area (Å²) in [5, 5.41) is 10.0. The Kier molecular flexibility index (Phi) is 2.92. The van der Waals surface area contributed by atoms with Crippen LogP contribution in [0.4, 0.5) is 0 Å². The smallest absolute Gasteiger partial charge is 0.0596 e. The van der Waals surface area contributed by atoms with Gasteiger partial charge in [-0.25, -0.2) is 0 Å². The van der Waals surface area contributed by atoms with Crippen molar-refractivity contribution in [2.24, 2.45) is 17.8 Å². The summed E-state index contributed by atoms with van der Waals surface area (Å²) in [6, 6.07) is 0. The van der Waals surface area contributed by atoms with E-state index in [0.29, 0.717) is 11.8 Å². The highest BCUT2D eigenvalue weighted by Crippen LogP contribution is 2.42. The Balaban J connectivity index is 1.83. The summed E-state index contributed by atoms with van der Waals surface area (Å²) in [4.78, 5) is 0. The van der Waals surface area contributed by atoms with E-state index in [2.05, 4.69) is 6.92 Å². The lowest BCUT2D eigenvalue weighted by Gasteiger charge is -2.31. The lowest BCUT2D eigenvalue weighted by Crippen LogP contribution is -2.28. The summed E-state index contributed by atoms with van der Waals surface area (Å²) in [7, 11) is 0. The molecule has 0 aromatic carbocycles. The minimum absolute atomic E-state index is 0.0503. The van der Waals surface area contributed by atoms with E-state index in [-0.39, 0.29) is 6.10 Å². The Morgan fingerprint density at radius 2 is 1.92 bits per heavy atom. The molecule has 2 aliphatic carbocycles. The van der Waals surface area contributed by atoms with Gasteiger partial charge in [0.05, 0.1) is 6.10 Å². The molecule has 0 heterocycles. The monoisotopic (exact) mass is 182 g/mol. The third-order valence-corrected chi connectivity index (χ3v) is 3.99. The quantitative estimate of drug-likeness (QED) is 0.711. The fraction of sp³-hybridized carbons (Fsp3) is 1.00. The molecular formula is C12H22O. The van der Waals surface area contributed by atoms with Crippen LogP contribution in [0.2, 0.25) is 0 Å². The average molecular weight is 182 g/mol. The third kappa shape index (κ3) is 2.25. The molecule has 2 saturated carbocycles. The van der Waals surface area contributed by atoms with E-state index >= 15 is 0 Å². The van der Waals surface area contributed by atoms with Crippen molar-refractivity contribution < 1.29 is 5.11 Å². The molecule has 0 spiro atoms. The van der Waals surface area contributed by atoms with Crippen LogP contribution in [0.15, 0.2) is 0 Å². The second-order valence-corrected chi connectivity index (χ2v) is 5.03. The van der Waals surface area contributed by atoms with Crippen LogP contribution in [0.3, 0.4) is 0 Å². The van der Waals surface area contributed by atoms with E-state index in [1.165, 1.54) is 44.9 Å². The Labute approximate surface area is 81.5 Å². The van der Waals surface area contributed by atoms with Crippen molar-refractivity contribution in [2.45, 2.75) is 58.0 Å². The van der Waals surface area contributed by atoms with Crippen molar-refractivity contribution in [1.82, 2.24) is 0 Å². The number of hydrogen-bond donors (Lipinski definition) is 1. The topological polar surface area (TPSA) is 20.2 Å². The average Bonchev–Trinajstić information content (AvgIpc) is 3.00. The van der Waals surface area contributed by atoms with Crippen molar-refractivity contribution in [2.75, 3.05) is 0 Å². The summed E-state index contributed by atoms with van der Waals surface area (Å²) in [5.74, 6) is 2.24. The van der Waals surface area contributed by atoms with Gasteiger partial charge in [0.15, 0.2) is 0 Å². The Morgan fingerprint density at radius 1 is 1.15 bits per heavy atom. The number of aliphatic hydroxyl groups is 1. The molecule has 3 unspecified atom stereocenters. The minimum Gasteiger partial charge on any atom is -0.393 e. The molecule has 76 valence electrons. The van der Waals surface area contributed by atoms with Gasteiger partial charge in [-0.3, -0.25) is 0 Å². The zero-order valence-corrected chi connectivity index (χ0v) is 8.71. The molecule has 0 aromatic rings. The van der Waals surface area contributed by atoms with E-state index in [0.717, 1.165) is 5.92 Å². The first-order valence-electron chi connectivity index (χ1n) is 5.99. The molecule has 2 rings (SSSR count). The van der Waals surface area contributed by atoms with Crippen LogP contribution in [0.25, 0.3) is 0 Å². The zero-order valence-electron chi connectivity index (χ0n) is 8.71. The summed E-state index contributed by atoms with van der Waals surface area (Å²) < 4.78 is 0. The van der Waals surface area contributed by atoms with Crippen LogP contribution < -0.4 is 0 Å². The van der Waals surface area contributed by atoms with Crippen LogP contribution in [0.5, 0.6) is 0 Å². The standard InChI is InChI=1S/C12H22O/c1-2-9-4-3-5-11(8-9)12(13)10-6-7-10/h9-13H,2-8H2,1H3. The van der Waals surface area contributed by atoms with Crippen LogP contribution in [-0.4, -0.2) is 11.2 Å². The Morgan fingerprint density at radius 3 is 2.54 bits per heavy atom. The number of aliphatic hydroxyl groups excluding tert-OH is 1. The summed E-state index contributed by atoms with van der Waals surface area (Å²) in [5.41, 5.74) is 0. The molecule has 1 N–H and O–H groups in total. The molecule has 0 aromatic heterocycles. The van der Waals surface area contributed by atoms with Crippen molar-refractivity contribution in [3.05, 3.63) is 0 Å². The molecule has 2 fully saturated rings. The predicted octanol–water partition coefficient (Wildman–Crippen LogP) is 2.97. The second-order valence-electron chi connectivity index (χ2n) is 5.03. The highest BCUT2D eigenvalue weighted by molar-refractivity contribution is 4.87. The molecule has 3 atom stereocenters. The van der Waals surface area contributed by atoms with Gasteiger partial charge in [-0.1, -0.05) is 26.2 Å². The van der Waals surface area contributed by atoms with Crippen LogP contribution in [-0.2, 0) is 0 Å². The van der Waals surface area contributed by atoms with Gasteiger partial charge in [-0.05, 0) is 43.4 Å². The molecule has 2 aliphatic rings. The van der Waals surface area contributed by atoms with Gasteiger partial charge in [-0.2, -0.15) is 0 Å². The van der Waals surface area contributed by atoms with Gasteiger partial charge < -0.3 is 5.11 Å². The van der Waals surface area contributed by atoms with Gasteiger partial charge in [-0.15, -0.1) is 0 Å². The van der Waals surface area contributed by atoms with E-state index in [1.807, 2.05) is 0 Å². The molecule has 13 heavy (non-hydrogen) atoms. The van der Waals surface area contributed by atoms with Crippen LogP contribution in [0.1, 0.15) is 51.9 Å². The normalized spacial score (nSPS) is 37.4. The zero-order chi connectivity index (χ0) is 9.26. The fourth-order valence-electron chi connectivity index (χ4n) is 2.84. The first kappa shape index (κ1) is 9.51. The van der Waals surface area contributed by atoms with Crippen molar-refractivity contribution in [3.63, 3.8) is 0 Å². The van der Waals surface area contributed by atoms with Gasteiger partial charge >= 0.3 is 0 Å². The summed E-state index contributed by atoms with van der Waals surface area (Å²) in [6.45, 7) is 2.29. The maximum atomic E-state index is 10.0. The summed E-state index contributed by atoms with van der Waals surface area (Å²) >= 11 is 0. The second kappa shape index (κ2) is 4.00. The maximum absolute atomic E-state index is 10.0. The number of hydrogen-bond acceptors (Lipinski definition) is 1. The van der Waals surface area contributed by atoms with E-state index in [1.54, 1.807) is 0 Å². The third-order valence-electron chi connectivity index (χ3n) is 3.99. The van der Waals surface area contributed by atoms with Crippen LogP contribution in [0, 0.1) is 17.8 Å². The lowest BCUT2D eigenvalue weighted by molar-refractivity contribution is 0.0513. The van der Waals surface area contributed by atoms with E-state index in [9.17, 15) is 5.11 Å². The van der Waals surface area contributed by atoms with Crippen LogP contribution >= 0.6 is 0 Å². The Hall–Kier alpha value is -0.0400. The van der Waals surface area contributed by atoms with Gasteiger partial charge in [0.1, 0.15) is 0 Å². The minimum atomic E-state index is 0.0503. The molecule has 0 aliphatic heterocycles. The van der Waals surface area contributed by atoms with Crippen molar-refractivity contribution in [1.29, 1.82) is 0 Å². The molecular weight excluding hydrogens is 160 g/mol. The largest absolute Gasteiger partial charge is 0.393 e. The highest BCUT2D eigenvalue weighted by Gasteiger charge is 2.36. The van der Waals surface area contributed by atoms with Crippen molar-refractivity contribution >= 4 is 0 Å². The first-order chi connectivity index (χ1) is 6.31. The Bertz CT molecular complexity index is 163. The predicted molar refractivity (Wildman–Crippen MR) is 54.5 cm³/mol. The molecule has 0 radical (unpaired) electrons. The molecule has 1 heteroatoms. The highest BCUT2D eigenvalue weighted by atomic mass is 16.3. The van der Waals surface area contributed by atoms with E-state index < -0.39 is 0 Å². The molecule has 0 amide bonds. The van der Waals surface area contributed by atoms with E-state index in [4.69, 9.17) is 0 Å². The number of rotatable bonds is 3. The molecule has 0 saturated heterocycles. The summed E-state index contributed by atoms with van der Waals surface area (Å²) in [6.07, 6.45) is 9.28. The first-order valence-corrected chi connectivity index (χ1v) is 5.99.